The van der Waals surface area contributed by atoms with Crippen LogP contribution < -0.4 is 5.56 Å². The first-order chi connectivity index (χ1) is 14.3. The Morgan fingerprint density at radius 1 is 1.23 bits per heavy atom. The molecule has 0 aliphatic carbocycles. The lowest BCUT2D eigenvalue weighted by atomic mass is 10.1. The minimum Gasteiger partial charge on any atom is -0.332 e. The number of nitrogens with one attached hydrogen (secondary N) is 1. The summed E-state index contributed by atoms with van der Waals surface area (Å²) in [6, 6.07) is 2.75. The Kier molecular flexibility index (Phi) is 4.88. The summed E-state index contributed by atoms with van der Waals surface area (Å²) in [4.78, 5) is 23.9. The molecule has 0 spiro atoms. The topological polar surface area (TPSA) is 81.4 Å². The molecule has 1 aromatic carbocycles. The van der Waals surface area contributed by atoms with Crippen LogP contribution in [0.25, 0.3) is 22.6 Å². The molecular formula is C19H16F4N6O. The molecule has 0 aliphatic heterocycles. The fourth-order valence-corrected chi connectivity index (χ4v) is 3.11. The van der Waals surface area contributed by atoms with E-state index in [-0.39, 0.29) is 23.3 Å². The van der Waals surface area contributed by atoms with Gasteiger partial charge in [0.1, 0.15) is 18.0 Å². The molecule has 0 atom stereocenters. The highest BCUT2D eigenvalue weighted by Gasteiger charge is 2.33. The number of hydrogen-bond acceptors (Lipinski definition) is 4. The molecule has 1 N–H and O–H groups in total. The molecule has 4 rings (SSSR count). The highest BCUT2D eigenvalue weighted by Crippen LogP contribution is 2.31. The zero-order valence-corrected chi connectivity index (χ0v) is 15.7. The first kappa shape index (κ1) is 19.8. The number of alkyl halides is 3. The molecule has 0 radical (unpaired) electrons. The molecule has 156 valence electrons. The fourth-order valence-electron chi connectivity index (χ4n) is 3.11. The van der Waals surface area contributed by atoms with Crippen molar-refractivity contribution in [2.45, 2.75) is 32.6 Å². The molecule has 0 unspecified atom stereocenters. The smallest absolute Gasteiger partial charge is 0.332 e. The largest absolute Gasteiger partial charge is 0.419 e. The number of halogens is 4. The van der Waals surface area contributed by atoms with Gasteiger partial charge in [-0.3, -0.25) is 14.0 Å². The monoisotopic (exact) mass is 420 g/mol. The zero-order valence-electron chi connectivity index (χ0n) is 15.7. The van der Waals surface area contributed by atoms with Crippen LogP contribution in [-0.4, -0.2) is 29.3 Å². The van der Waals surface area contributed by atoms with Crippen molar-refractivity contribution in [1.29, 1.82) is 0 Å². The van der Waals surface area contributed by atoms with Crippen LogP contribution in [0.4, 0.5) is 17.6 Å². The van der Waals surface area contributed by atoms with E-state index in [9.17, 15) is 22.4 Å². The number of benzene rings is 1. The summed E-state index contributed by atoms with van der Waals surface area (Å²) in [6.07, 6.45) is 0.569. The van der Waals surface area contributed by atoms with Crippen molar-refractivity contribution in [2.24, 2.45) is 0 Å². The van der Waals surface area contributed by atoms with Crippen LogP contribution in [0.1, 0.15) is 24.5 Å². The van der Waals surface area contributed by atoms with E-state index in [0.29, 0.717) is 29.6 Å². The number of fused-ring (bicyclic) bond motifs is 1. The van der Waals surface area contributed by atoms with Gasteiger partial charge < -0.3 is 4.98 Å². The van der Waals surface area contributed by atoms with Crippen LogP contribution in [0, 0.1) is 5.82 Å². The molecule has 0 bridgehead atoms. The van der Waals surface area contributed by atoms with E-state index in [1.807, 2.05) is 6.92 Å². The fraction of sp³-hybridized carbons (Fsp3) is 0.263. The van der Waals surface area contributed by atoms with Gasteiger partial charge in [0.15, 0.2) is 11.2 Å². The standard InChI is InChI=1S/C19H16F4N6O/c1-2-5-28-10-24-17-15(18(28)30)26-16(27-17)12-7-25-29(9-12)8-11-3-4-13(14(20)6-11)19(21,22)23/h3-4,6-7,9-10H,2,5,8H2,1H3,(H,26,27). The van der Waals surface area contributed by atoms with Crippen LogP contribution in [0.3, 0.4) is 0 Å². The maximum atomic E-state index is 13.8. The minimum absolute atomic E-state index is 0.0663. The maximum absolute atomic E-state index is 13.8. The molecule has 0 amide bonds. The van der Waals surface area contributed by atoms with Gasteiger partial charge in [-0.2, -0.15) is 18.3 Å². The Balaban J connectivity index is 1.59. The van der Waals surface area contributed by atoms with E-state index >= 15 is 0 Å². The van der Waals surface area contributed by atoms with Gasteiger partial charge in [0.05, 0.1) is 23.9 Å². The molecule has 0 fully saturated rings. The molecule has 7 nitrogen and oxygen atoms in total. The molecular weight excluding hydrogens is 404 g/mol. The Hall–Kier alpha value is -3.50. The van der Waals surface area contributed by atoms with Gasteiger partial charge in [0.25, 0.3) is 5.56 Å². The second-order valence-electron chi connectivity index (χ2n) is 6.77. The van der Waals surface area contributed by atoms with Crippen LogP contribution in [0.2, 0.25) is 0 Å². The highest BCUT2D eigenvalue weighted by atomic mass is 19.4. The summed E-state index contributed by atoms with van der Waals surface area (Å²) in [5.41, 5.74) is -0.103. The summed E-state index contributed by atoms with van der Waals surface area (Å²) >= 11 is 0. The molecule has 3 heterocycles. The van der Waals surface area contributed by atoms with Crippen LogP contribution in [0.15, 0.2) is 41.7 Å². The first-order valence-electron chi connectivity index (χ1n) is 9.10. The number of aromatic nitrogens is 6. The molecule has 11 heteroatoms. The third-order valence-corrected chi connectivity index (χ3v) is 4.53. The van der Waals surface area contributed by atoms with Gasteiger partial charge in [-0.05, 0) is 24.1 Å². The number of rotatable bonds is 5. The first-order valence-corrected chi connectivity index (χ1v) is 9.10. The van der Waals surface area contributed by atoms with Crippen molar-refractivity contribution in [3.8, 4) is 11.4 Å². The van der Waals surface area contributed by atoms with Crippen molar-refractivity contribution in [3.63, 3.8) is 0 Å². The molecule has 4 aromatic rings. The molecule has 3 aromatic heterocycles. The lowest BCUT2D eigenvalue weighted by molar-refractivity contribution is -0.140. The SMILES string of the molecule is CCCn1cnc2nc(-c3cnn(Cc4ccc(C(F)(F)F)c(F)c4)c3)[nH]c2c1=O. The van der Waals surface area contributed by atoms with Gasteiger partial charge in [0.2, 0.25) is 0 Å². The molecule has 0 saturated carbocycles. The highest BCUT2D eigenvalue weighted by molar-refractivity contribution is 5.74. The van der Waals surface area contributed by atoms with Crippen molar-refractivity contribution >= 4 is 11.2 Å². The maximum Gasteiger partial charge on any atom is 0.419 e. The van der Waals surface area contributed by atoms with Gasteiger partial charge in [-0.15, -0.1) is 0 Å². The molecule has 30 heavy (non-hydrogen) atoms. The van der Waals surface area contributed by atoms with E-state index in [1.165, 1.54) is 27.8 Å². The second-order valence-corrected chi connectivity index (χ2v) is 6.77. The van der Waals surface area contributed by atoms with E-state index in [1.54, 1.807) is 6.20 Å². The average molecular weight is 420 g/mol. The Morgan fingerprint density at radius 3 is 2.73 bits per heavy atom. The summed E-state index contributed by atoms with van der Waals surface area (Å²) in [7, 11) is 0. The normalized spacial score (nSPS) is 12.0. The number of nitrogens with zero attached hydrogens (tertiary/aromatic N) is 5. The number of aryl methyl sites for hydroxylation is 1. The van der Waals surface area contributed by atoms with Crippen LogP contribution in [0.5, 0.6) is 0 Å². The van der Waals surface area contributed by atoms with Crippen molar-refractivity contribution < 1.29 is 17.6 Å². The second kappa shape index (κ2) is 7.39. The summed E-state index contributed by atoms with van der Waals surface area (Å²) in [5.74, 6) is -0.951. The lowest BCUT2D eigenvalue weighted by Crippen LogP contribution is -2.20. The van der Waals surface area contributed by atoms with Crippen molar-refractivity contribution in [1.82, 2.24) is 29.3 Å². The Morgan fingerprint density at radius 2 is 2.03 bits per heavy atom. The number of imidazole rings is 1. The molecule has 0 saturated heterocycles. The van der Waals surface area contributed by atoms with E-state index < -0.39 is 17.6 Å². The third kappa shape index (κ3) is 3.70. The van der Waals surface area contributed by atoms with Crippen molar-refractivity contribution in [3.05, 3.63) is 64.2 Å². The lowest BCUT2D eigenvalue weighted by Gasteiger charge is -2.09. The summed E-state index contributed by atoms with van der Waals surface area (Å²) < 4.78 is 54.7. The predicted octanol–water partition coefficient (Wildman–Crippen LogP) is 3.60. The summed E-state index contributed by atoms with van der Waals surface area (Å²) in [5, 5.41) is 4.14. The third-order valence-electron chi connectivity index (χ3n) is 4.53. The van der Waals surface area contributed by atoms with Crippen LogP contribution in [-0.2, 0) is 19.3 Å². The summed E-state index contributed by atoms with van der Waals surface area (Å²) in [6.45, 7) is 2.56. The van der Waals surface area contributed by atoms with E-state index in [2.05, 4.69) is 20.1 Å². The number of aromatic amines is 1. The zero-order chi connectivity index (χ0) is 21.5. The number of H-pyrrole nitrogens is 1. The van der Waals surface area contributed by atoms with E-state index in [4.69, 9.17) is 0 Å². The average Bonchev–Trinajstić information content (AvgIpc) is 3.30. The van der Waals surface area contributed by atoms with Gasteiger partial charge in [-0.1, -0.05) is 13.0 Å². The Bertz CT molecular complexity index is 1270. The van der Waals surface area contributed by atoms with Gasteiger partial charge >= 0.3 is 6.18 Å². The minimum atomic E-state index is -4.74. The van der Waals surface area contributed by atoms with Crippen molar-refractivity contribution in [2.75, 3.05) is 0 Å². The predicted molar refractivity (Wildman–Crippen MR) is 100 cm³/mol. The quantitative estimate of drug-likeness (QED) is 0.501. The number of hydrogen-bond donors (Lipinski definition) is 1. The molecule has 0 aliphatic rings. The Labute approximate surface area is 167 Å². The van der Waals surface area contributed by atoms with Gasteiger partial charge in [0, 0.05) is 12.7 Å². The van der Waals surface area contributed by atoms with Gasteiger partial charge in [-0.25, -0.2) is 14.4 Å². The van der Waals surface area contributed by atoms with Crippen LogP contribution >= 0.6 is 0 Å². The van der Waals surface area contributed by atoms with E-state index in [0.717, 1.165) is 12.5 Å².